The molecule has 1 aliphatic carbocycles. The number of rotatable bonds is 3. The monoisotopic (exact) mass is 544 g/mol. The van der Waals surface area contributed by atoms with Crippen molar-refractivity contribution in [1.82, 2.24) is 9.55 Å². The molecule has 0 radical (unpaired) electrons. The molecule has 5 rings (SSSR count). The third-order valence-electron chi connectivity index (χ3n) is 4.77. The van der Waals surface area contributed by atoms with E-state index in [0.29, 0.717) is 21.1 Å². The minimum Gasteiger partial charge on any atom is -0.354 e. The predicted molar refractivity (Wildman–Crippen MR) is 134 cm³/mol. The summed E-state index contributed by atoms with van der Waals surface area (Å²) in [5, 5.41) is 13.7. The number of hydrogen-bond acceptors (Lipinski definition) is 3. The Morgan fingerprint density at radius 3 is 2.37 bits per heavy atom. The van der Waals surface area contributed by atoms with E-state index in [4.69, 9.17) is 33.6 Å². The maximum Gasteiger partial charge on any atom is 0.0935 e. The van der Waals surface area contributed by atoms with Crippen LogP contribution in [0.5, 0.6) is 0 Å². The van der Waals surface area contributed by atoms with E-state index in [1.54, 1.807) is 0 Å². The van der Waals surface area contributed by atoms with Gasteiger partial charge in [-0.25, -0.2) is 4.98 Å². The van der Waals surface area contributed by atoms with Gasteiger partial charge in [0.05, 0.1) is 33.8 Å². The molecule has 2 aromatic rings. The Balaban J connectivity index is 1.71. The highest BCUT2D eigenvalue weighted by Crippen LogP contribution is 2.31. The molecular formula is C23H15Cl2IN4. The normalized spacial score (nSPS) is 12.5. The lowest BCUT2D eigenvalue weighted by atomic mass is 10.1. The minimum atomic E-state index is -0.145. The molecule has 3 aliphatic rings. The molecule has 2 aromatic carbocycles. The highest BCUT2D eigenvalue weighted by molar-refractivity contribution is 14.2. The van der Waals surface area contributed by atoms with Crippen LogP contribution in [0.15, 0.2) is 64.7 Å². The topological polar surface area (TPSA) is 53.7 Å². The van der Waals surface area contributed by atoms with Gasteiger partial charge in [0.25, 0.3) is 0 Å². The van der Waals surface area contributed by atoms with Crippen LogP contribution in [0.2, 0.25) is 10.0 Å². The summed E-state index contributed by atoms with van der Waals surface area (Å²) in [7, 11) is 0. The molecule has 30 heavy (non-hydrogen) atoms. The molecule has 0 atom stereocenters. The van der Waals surface area contributed by atoms with Crippen LogP contribution in [0, 0.1) is 5.41 Å². The van der Waals surface area contributed by atoms with Gasteiger partial charge in [0.15, 0.2) is 0 Å². The maximum atomic E-state index is 8.61. The Bertz CT molecular complexity index is 1340. The average molecular weight is 545 g/mol. The smallest absolute Gasteiger partial charge is 0.0935 e. The van der Waals surface area contributed by atoms with Crippen LogP contribution >= 0.6 is 43.9 Å². The summed E-state index contributed by atoms with van der Waals surface area (Å²) in [4.78, 5) is 4.91. The van der Waals surface area contributed by atoms with Crippen LogP contribution in [0.1, 0.15) is 11.4 Å². The molecule has 0 spiro atoms. The quantitative estimate of drug-likeness (QED) is 0.285. The van der Waals surface area contributed by atoms with E-state index in [9.17, 15) is 0 Å². The molecule has 0 amide bonds. The van der Waals surface area contributed by atoms with Gasteiger partial charge in [-0.3, -0.25) is 5.41 Å². The van der Waals surface area contributed by atoms with Gasteiger partial charge in [0.2, 0.25) is 0 Å². The fraction of sp³-hybridized carbons (Fsp3) is 0. The highest BCUT2D eigenvalue weighted by atomic mass is 127. The van der Waals surface area contributed by atoms with Gasteiger partial charge in [-0.15, -0.1) is 0 Å². The summed E-state index contributed by atoms with van der Waals surface area (Å²) < 4.78 is 6.59. The fourth-order valence-corrected chi connectivity index (χ4v) is 5.18. The van der Waals surface area contributed by atoms with Gasteiger partial charge in [0, 0.05) is 21.4 Å². The molecule has 0 fully saturated rings. The van der Waals surface area contributed by atoms with Crippen molar-refractivity contribution in [1.29, 1.82) is 5.41 Å². The zero-order chi connectivity index (χ0) is 20.7. The van der Waals surface area contributed by atoms with Crippen LogP contribution in [0.3, 0.4) is 0 Å². The molecule has 2 aliphatic heterocycles. The lowest BCUT2D eigenvalue weighted by Crippen LogP contribution is -2.17. The summed E-state index contributed by atoms with van der Waals surface area (Å²) in [6.07, 6.45) is 2.13. The molecule has 0 saturated carbocycles. The van der Waals surface area contributed by atoms with Crippen LogP contribution in [0.25, 0.3) is 23.2 Å². The van der Waals surface area contributed by atoms with Crippen molar-refractivity contribution >= 4 is 65.4 Å². The molecule has 0 unspecified atom stereocenters. The van der Waals surface area contributed by atoms with Crippen molar-refractivity contribution in [3.8, 4) is 17.1 Å². The Kier molecular flexibility index (Phi) is 5.18. The Morgan fingerprint density at radius 1 is 0.933 bits per heavy atom. The van der Waals surface area contributed by atoms with Gasteiger partial charge in [-0.1, -0.05) is 43.9 Å². The van der Waals surface area contributed by atoms with Gasteiger partial charge in [-0.2, -0.15) is 0 Å². The largest absolute Gasteiger partial charge is 0.354 e. The Morgan fingerprint density at radius 2 is 1.63 bits per heavy atom. The second kappa shape index (κ2) is 7.98. The van der Waals surface area contributed by atoms with Crippen LogP contribution < -0.4 is 10.7 Å². The highest BCUT2D eigenvalue weighted by Gasteiger charge is 2.19. The SMILES string of the molecule is N=c1cc2n(-c3ccc(Cl)cc3)c3c(nc-2cc1Nc1ccc(Cl)cc1)C=IC=C3. The third kappa shape index (κ3) is 3.69. The van der Waals surface area contributed by atoms with Crippen molar-refractivity contribution in [2.45, 2.75) is 0 Å². The molecule has 7 heteroatoms. The number of aromatic nitrogens is 2. The summed E-state index contributed by atoms with van der Waals surface area (Å²) >= 11 is 11.9. The van der Waals surface area contributed by atoms with Gasteiger partial charge < -0.3 is 9.88 Å². The second-order valence-electron chi connectivity index (χ2n) is 6.74. The summed E-state index contributed by atoms with van der Waals surface area (Å²) in [6.45, 7) is 0. The number of nitrogens with zero attached hydrogens (tertiary/aromatic N) is 2. The third-order valence-corrected chi connectivity index (χ3v) is 7.00. The summed E-state index contributed by atoms with van der Waals surface area (Å²) in [5.41, 5.74) is 6.25. The van der Waals surface area contributed by atoms with Crippen molar-refractivity contribution in [2.24, 2.45) is 0 Å². The molecule has 0 bridgehead atoms. The molecule has 0 aromatic heterocycles. The number of halogens is 3. The van der Waals surface area contributed by atoms with Gasteiger partial charge >= 0.3 is 0 Å². The average Bonchev–Trinajstić information content (AvgIpc) is 2.75. The first-order valence-corrected chi connectivity index (χ1v) is 12.4. The number of anilines is 2. The van der Waals surface area contributed by atoms with E-state index in [1.807, 2.05) is 60.7 Å². The van der Waals surface area contributed by atoms with Crippen molar-refractivity contribution in [3.63, 3.8) is 0 Å². The molecule has 0 saturated heterocycles. The first-order chi connectivity index (χ1) is 14.6. The first-order valence-electron chi connectivity index (χ1n) is 9.14. The molecule has 148 valence electrons. The lowest BCUT2D eigenvalue weighted by molar-refractivity contribution is 0.987. The Hall–Kier alpha value is -2.48. The van der Waals surface area contributed by atoms with E-state index in [-0.39, 0.29) is 20.7 Å². The molecule has 4 nitrogen and oxygen atoms in total. The maximum absolute atomic E-state index is 8.61. The lowest BCUT2D eigenvalue weighted by Gasteiger charge is -2.22. The van der Waals surface area contributed by atoms with Gasteiger partial charge in [-0.05, 0) is 74.8 Å². The second-order valence-corrected chi connectivity index (χ2v) is 9.67. The number of benzene rings is 3. The number of fused-ring (bicyclic) bond motifs is 2. The molecular weight excluding hydrogens is 530 g/mol. The van der Waals surface area contributed by atoms with Crippen LogP contribution in [-0.2, 0) is 0 Å². The van der Waals surface area contributed by atoms with E-state index < -0.39 is 0 Å². The number of hydrogen-bond donors (Lipinski definition) is 2. The van der Waals surface area contributed by atoms with E-state index in [0.717, 1.165) is 34.2 Å². The van der Waals surface area contributed by atoms with Crippen molar-refractivity contribution in [3.05, 3.63) is 91.5 Å². The fourth-order valence-electron chi connectivity index (χ4n) is 3.37. The van der Waals surface area contributed by atoms with Gasteiger partial charge in [0.1, 0.15) is 0 Å². The standard InChI is InChI=1S/C23H15Cl2IN4/c24-14-1-5-16(6-2-14)28-19-12-20-23(11-18(19)27)30(17-7-3-15(25)4-8-17)22-9-10-26-13-21(22)29-20/h1-13,27-28H. The minimum absolute atomic E-state index is 0.145. The summed E-state index contributed by atoms with van der Waals surface area (Å²) in [6, 6.07) is 19.0. The molecule has 2 N–H and O–H groups in total. The van der Waals surface area contributed by atoms with Crippen molar-refractivity contribution in [2.75, 3.05) is 5.32 Å². The Labute approximate surface area is 193 Å². The van der Waals surface area contributed by atoms with Crippen LogP contribution in [0.4, 0.5) is 11.4 Å². The summed E-state index contributed by atoms with van der Waals surface area (Å²) in [5.74, 6) is 0. The first kappa shape index (κ1) is 19.5. The van der Waals surface area contributed by atoms with E-state index in [2.05, 4.69) is 24.1 Å². The van der Waals surface area contributed by atoms with E-state index in [1.165, 1.54) is 0 Å². The van der Waals surface area contributed by atoms with Crippen LogP contribution in [-0.4, -0.2) is 13.6 Å². The predicted octanol–water partition coefficient (Wildman–Crippen LogP) is 6.61. The zero-order valence-corrected chi connectivity index (χ0v) is 19.2. The van der Waals surface area contributed by atoms with Crippen molar-refractivity contribution < 1.29 is 0 Å². The zero-order valence-electron chi connectivity index (χ0n) is 15.5. The number of nitrogens with one attached hydrogen (secondary N) is 2. The van der Waals surface area contributed by atoms with E-state index >= 15 is 0 Å². The molecule has 2 heterocycles.